The standard InChI is InChI=1S/C41H52N4O7S/c1-2-3-4-5-6-7-8-9-10-15-24-50-25-16-23-43-40(47)33-28-36(31-17-11-12-18-32(31)38(33)52-42)51-26-27-53-37-20-14-13-19-34(37)45-39(46)30-21-22-35(41(48)49)44-29-30/h11-14,17-22,28-29H,2-10,15-16,23-27,42H2,1H3,(H,43,47)(H,45,46)(H,48,49). The number of fused-ring (bicyclic) bond motifs is 1. The number of hydrogen-bond donors (Lipinski definition) is 4. The summed E-state index contributed by atoms with van der Waals surface area (Å²) in [6.45, 7) is 4.31. The van der Waals surface area contributed by atoms with Crippen LogP contribution in [0, 0.1) is 0 Å². The van der Waals surface area contributed by atoms with Gasteiger partial charge >= 0.3 is 5.97 Å². The number of para-hydroxylation sites is 1. The van der Waals surface area contributed by atoms with Crippen LogP contribution in [0.5, 0.6) is 11.5 Å². The molecule has 1 heterocycles. The van der Waals surface area contributed by atoms with Gasteiger partial charge in [0.25, 0.3) is 11.8 Å². The van der Waals surface area contributed by atoms with E-state index < -0.39 is 11.9 Å². The predicted octanol–water partition coefficient (Wildman–Crippen LogP) is 8.67. The summed E-state index contributed by atoms with van der Waals surface area (Å²) in [7, 11) is 0. The number of nitrogens with one attached hydrogen (secondary N) is 2. The molecule has 0 saturated carbocycles. The number of carboxylic acids is 1. The van der Waals surface area contributed by atoms with Gasteiger partial charge in [-0.25, -0.2) is 9.78 Å². The molecule has 11 nitrogen and oxygen atoms in total. The van der Waals surface area contributed by atoms with Crippen molar-refractivity contribution < 1.29 is 33.8 Å². The van der Waals surface area contributed by atoms with Gasteiger partial charge in [0.1, 0.15) is 11.4 Å². The number of amides is 2. The van der Waals surface area contributed by atoms with E-state index >= 15 is 0 Å². The second-order valence-corrected chi connectivity index (χ2v) is 13.8. The van der Waals surface area contributed by atoms with Crippen molar-refractivity contribution in [1.82, 2.24) is 10.3 Å². The van der Waals surface area contributed by atoms with E-state index in [9.17, 15) is 14.4 Å². The van der Waals surface area contributed by atoms with Crippen molar-refractivity contribution in [3.63, 3.8) is 0 Å². The fourth-order valence-electron chi connectivity index (χ4n) is 5.84. The number of ether oxygens (including phenoxy) is 2. The molecule has 0 radical (unpaired) electrons. The van der Waals surface area contributed by atoms with E-state index in [-0.39, 0.29) is 28.5 Å². The van der Waals surface area contributed by atoms with Crippen LogP contribution in [-0.2, 0) is 4.74 Å². The molecule has 1 aromatic heterocycles. The number of unbranched alkanes of at least 4 members (excludes halogenated alkanes) is 9. The van der Waals surface area contributed by atoms with Gasteiger partial charge in [-0.2, -0.15) is 5.90 Å². The number of rotatable bonds is 25. The molecule has 3 aromatic carbocycles. The molecule has 5 N–H and O–H groups in total. The van der Waals surface area contributed by atoms with Gasteiger partial charge < -0.3 is 30.1 Å². The third-order valence-corrected chi connectivity index (χ3v) is 9.73. The lowest BCUT2D eigenvalue weighted by Gasteiger charge is -2.16. The molecule has 4 rings (SSSR count). The molecule has 0 fully saturated rings. The lowest BCUT2D eigenvalue weighted by atomic mass is 10.0. The van der Waals surface area contributed by atoms with Crippen molar-refractivity contribution in [1.29, 1.82) is 0 Å². The SMILES string of the molecule is CCCCCCCCCCCCOCCCNC(=O)c1cc(OCCSc2ccccc2NC(=O)c2ccc(C(=O)O)nc2)c2ccccc2c1ON. The molecule has 53 heavy (non-hydrogen) atoms. The maximum Gasteiger partial charge on any atom is 0.354 e. The van der Waals surface area contributed by atoms with E-state index in [1.165, 1.54) is 87.9 Å². The minimum absolute atomic E-state index is 0.140. The Morgan fingerprint density at radius 1 is 0.792 bits per heavy atom. The Kier molecular flexibility index (Phi) is 17.9. The molecule has 0 spiro atoms. The lowest BCUT2D eigenvalue weighted by Crippen LogP contribution is -2.26. The number of nitrogens with zero attached hydrogens (tertiary/aromatic N) is 1. The highest BCUT2D eigenvalue weighted by Gasteiger charge is 2.20. The fourth-order valence-corrected chi connectivity index (χ4v) is 6.68. The maximum atomic E-state index is 13.3. The number of aromatic carboxylic acids is 1. The van der Waals surface area contributed by atoms with Gasteiger partial charge in [-0.1, -0.05) is 101 Å². The number of pyridine rings is 1. The third kappa shape index (κ3) is 13.4. The highest BCUT2D eigenvalue weighted by atomic mass is 32.2. The van der Waals surface area contributed by atoms with Crippen LogP contribution in [0.25, 0.3) is 10.8 Å². The fraction of sp³-hybridized carbons (Fsp3) is 0.415. The molecule has 12 heteroatoms. The molecule has 284 valence electrons. The van der Waals surface area contributed by atoms with E-state index in [0.717, 1.165) is 23.3 Å². The number of carboxylic acid groups (broad SMARTS) is 1. The Balaban J connectivity index is 1.24. The Morgan fingerprint density at radius 2 is 1.47 bits per heavy atom. The molecule has 0 saturated heterocycles. The summed E-state index contributed by atoms with van der Waals surface area (Å²) in [5.41, 5.74) is 0.975. The molecule has 0 atom stereocenters. The van der Waals surface area contributed by atoms with Gasteiger partial charge in [0.15, 0.2) is 5.75 Å². The van der Waals surface area contributed by atoms with E-state index in [1.54, 1.807) is 12.1 Å². The third-order valence-electron chi connectivity index (χ3n) is 8.69. The zero-order valence-electron chi connectivity index (χ0n) is 30.6. The molecule has 4 aromatic rings. The number of hydrogen-bond acceptors (Lipinski definition) is 9. The quantitative estimate of drug-likeness (QED) is 0.0294. The van der Waals surface area contributed by atoms with Crippen LogP contribution in [-0.4, -0.2) is 60.0 Å². The summed E-state index contributed by atoms with van der Waals surface area (Å²) >= 11 is 1.49. The van der Waals surface area contributed by atoms with Crippen LogP contribution >= 0.6 is 11.8 Å². The minimum atomic E-state index is -1.16. The highest BCUT2D eigenvalue weighted by molar-refractivity contribution is 7.99. The first-order valence-corrected chi connectivity index (χ1v) is 19.5. The van der Waals surface area contributed by atoms with Crippen LogP contribution in [0.3, 0.4) is 0 Å². The maximum absolute atomic E-state index is 13.3. The summed E-state index contributed by atoms with van der Waals surface area (Å²) in [5.74, 6) is 5.12. The molecular weight excluding hydrogens is 693 g/mol. The molecule has 0 unspecified atom stereocenters. The number of thioether (sulfide) groups is 1. The van der Waals surface area contributed by atoms with Gasteiger partial charge in [-0.15, -0.1) is 11.8 Å². The Bertz CT molecular complexity index is 1750. The minimum Gasteiger partial charge on any atom is -0.492 e. The van der Waals surface area contributed by atoms with E-state index in [1.807, 2.05) is 42.5 Å². The zero-order valence-corrected chi connectivity index (χ0v) is 31.4. The lowest BCUT2D eigenvalue weighted by molar-refractivity contribution is 0.0689. The monoisotopic (exact) mass is 744 g/mol. The number of nitrogens with two attached hydrogens (primary N) is 1. The van der Waals surface area contributed by atoms with Crippen molar-refractivity contribution in [2.45, 2.75) is 82.4 Å². The number of aromatic nitrogens is 1. The van der Waals surface area contributed by atoms with Crippen LogP contribution in [0.1, 0.15) is 109 Å². The molecule has 0 aliphatic heterocycles. The van der Waals surface area contributed by atoms with E-state index in [4.69, 9.17) is 25.3 Å². The Morgan fingerprint density at radius 3 is 2.17 bits per heavy atom. The van der Waals surface area contributed by atoms with Crippen LogP contribution in [0.4, 0.5) is 5.69 Å². The topological polar surface area (TPSA) is 162 Å². The molecule has 2 amide bonds. The van der Waals surface area contributed by atoms with Crippen LogP contribution < -0.4 is 26.1 Å². The first-order chi connectivity index (χ1) is 25.9. The van der Waals surface area contributed by atoms with E-state index in [0.29, 0.717) is 48.8 Å². The van der Waals surface area contributed by atoms with Crippen molar-refractivity contribution in [3.8, 4) is 11.5 Å². The van der Waals surface area contributed by atoms with Crippen molar-refractivity contribution in [2.75, 3.05) is 37.4 Å². The zero-order chi connectivity index (χ0) is 37.7. The molecule has 0 bridgehead atoms. The van der Waals surface area contributed by atoms with Gasteiger partial charge in [-0.3, -0.25) is 9.59 Å². The summed E-state index contributed by atoms with van der Waals surface area (Å²) in [6, 6.07) is 19.2. The smallest absolute Gasteiger partial charge is 0.354 e. The van der Waals surface area contributed by atoms with Gasteiger partial charge in [0.2, 0.25) is 0 Å². The molecule has 0 aliphatic rings. The van der Waals surface area contributed by atoms with Crippen molar-refractivity contribution in [2.24, 2.45) is 5.90 Å². The molecule has 0 aliphatic carbocycles. The summed E-state index contributed by atoms with van der Waals surface area (Å²) < 4.78 is 12.0. The van der Waals surface area contributed by atoms with E-state index in [2.05, 4.69) is 22.5 Å². The van der Waals surface area contributed by atoms with Crippen molar-refractivity contribution in [3.05, 3.63) is 89.7 Å². The Hall–Kier alpha value is -4.65. The number of carbonyl (C=O) groups is 3. The highest BCUT2D eigenvalue weighted by Crippen LogP contribution is 2.37. The van der Waals surface area contributed by atoms with Crippen molar-refractivity contribution >= 4 is 46.0 Å². The average Bonchev–Trinajstić information content (AvgIpc) is 3.18. The number of benzene rings is 3. The second kappa shape index (κ2) is 23.1. The number of carbonyl (C=O) groups excluding carboxylic acids is 2. The summed E-state index contributed by atoms with van der Waals surface area (Å²) in [4.78, 5) is 47.1. The number of anilines is 1. The summed E-state index contributed by atoms with van der Waals surface area (Å²) in [5, 5.41) is 16.3. The van der Waals surface area contributed by atoms with Gasteiger partial charge in [-0.05, 0) is 43.2 Å². The van der Waals surface area contributed by atoms with Crippen LogP contribution in [0.15, 0.2) is 77.8 Å². The largest absolute Gasteiger partial charge is 0.492 e. The Labute approximate surface area is 316 Å². The van der Waals surface area contributed by atoms with Gasteiger partial charge in [0, 0.05) is 47.4 Å². The normalized spacial score (nSPS) is 11.0. The summed E-state index contributed by atoms with van der Waals surface area (Å²) in [6.07, 6.45) is 14.8. The first kappa shape index (κ1) is 41.1. The average molecular weight is 745 g/mol. The second-order valence-electron chi connectivity index (χ2n) is 12.7. The first-order valence-electron chi connectivity index (χ1n) is 18.6. The van der Waals surface area contributed by atoms with Crippen LogP contribution in [0.2, 0.25) is 0 Å². The molecular formula is C41H52N4O7S. The predicted molar refractivity (Wildman–Crippen MR) is 210 cm³/mol. The van der Waals surface area contributed by atoms with Gasteiger partial charge in [0.05, 0.1) is 23.4 Å².